The predicted octanol–water partition coefficient (Wildman–Crippen LogP) is 2.85. The summed E-state index contributed by atoms with van der Waals surface area (Å²) in [6.45, 7) is 0.889. The molecule has 3 aromatic carbocycles. The van der Waals surface area contributed by atoms with Gasteiger partial charge in [-0.2, -0.15) is 23.0 Å². The van der Waals surface area contributed by atoms with E-state index in [0.29, 0.717) is 25.3 Å². The molecule has 208 valence electrons. The number of methoxy groups -OCH3 is 1. The van der Waals surface area contributed by atoms with E-state index in [2.05, 4.69) is 9.82 Å². The number of hydrazone groups is 1. The number of hydrogen-bond donors (Lipinski definition) is 3. The fourth-order valence-corrected chi connectivity index (χ4v) is 5.03. The Morgan fingerprint density at radius 2 is 1.79 bits per heavy atom. The molecule has 4 rings (SSSR count). The molecule has 0 aromatic heterocycles. The number of rotatable bonds is 7. The second kappa shape index (κ2) is 12.1. The minimum Gasteiger partial charge on any atom is -0.497 e. The zero-order valence-corrected chi connectivity index (χ0v) is 21.4. The van der Waals surface area contributed by atoms with Gasteiger partial charge in [0.15, 0.2) is 0 Å². The molecule has 1 aliphatic heterocycles. The van der Waals surface area contributed by atoms with Crippen LogP contribution < -0.4 is 15.3 Å². The van der Waals surface area contributed by atoms with Crippen LogP contribution in [0.1, 0.15) is 17.5 Å². The highest BCUT2D eigenvalue weighted by atomic mass is 32.2. The maximum absolute atomic E-state index is 13.0. The number of aliphatic carboxylic acids is 1. The van der Waals surface area contributed by atoms with Gasteiger partial charge in [0, 0.05) is 13.1 Å². The van der Waals surface area contributed by atoms with Gasteiger partial charge in [-0.1, -0.05) is 36.4 Å². The number of carboxylic acid groups (broad SMARTS) is 1. The maximum Gasteiger partial charge on any atom is 0.490 e. The molecule has 3 aromatic rings. The number of carbonyl (C=O) groups excluding carboxylic acids is 1. The first-order valence-corrected chi connectivity index (χ1v) is 12.8. The second-order valence-electron chi connectivity index (χ2n) is 8.42. The van der Waals surface area contributed by atoms with Crippen molar-refractivity contribution in [3.63, 3.8) is 0 Å². The monoisotopic (exact) mass is 566 g/mol. The Labute approximate surface area is 221 Å². The number of hydrogen-bond acceptors (Lipinski definition) is 7. The molecule has 0 saturated carbocycles. The van der Waals surface area contributed by atoms with E-state index in [1.807, 2.05) is 36.4 Å². The fourth-order valence-electron chi connectivity index (χ4n) is 3.77. The number of sulfonamides is 1. The molecule has 0 unspecified atom stereocenters. The second-order valence-corrected chi connectivity index (χ2v) is 10.1. The highest BCUT2D eigenvalue weighted by Gasteiger charge is 2.38. The quantitative estimate of drug-likeness (QED) is 0.226. The van der Waals surface area contributed by atoms with Gasteiger partial charge in [0.25, 0.3) is 0 Å². The van der Waals surface area contributed by atoms with Gasteiger partial charge < -0.3 is 20.6 Å². The van der Waals surface area contributed by atoms with Crippen LogP contribution in [0.25, 0.3) is 10.8 Å². The summed E-state index contributed by atoms with van der Waals surface area (Å²) in [5, 5.41) is 12.3. The Morgan fingerprint density at radius 1 is 1.15 bits per heavy atom. The average molecular weight is 567 g/mol. The molecule has 0 bridgehead atoms. The minimum absolute atomic E-state index is 0.113. The molecule has 1 aliphatic rings. The van der Waals surface area contributed by atoms with Crippen LogP contribution in [0, 0.1) is 0 Å². The minimum atomic E-state index is -5.08. The lowest BCUT2D eigenvalue weighted by atomic mass is 10.1. The maximum atomic E-state index is 13.0. The van der Waals surface area contributed by atoms with Gasteiger partial charge in [-0.25, -0.2) is 13.2 Å². The van der Waals surface area contributed by atoms with Crippen molar-refractivity contribution in [2.75, 3.05) is 13.7 Å². The third kappa shape index (κ3) is 7.67. The third-order valence-corrected chi connectivity index (χ3v) is 7.21. The molecule has 4 N–H and O–H groups in total. The number of halogens is 3. The number of nitrogens with one attached hydrogen (secondary N) is 1. The summed E-state index contributed by atoms with van der Waals surface area (Å²) in [6.07, 6.45) is -3.13. The third-order valence-electron chi connectivity index (χ3n) is 5.74. The van der Waals surface area contributed by atoms with Gasteiger partial charge in [0.2, 0.25) is 15.9 Å². The first-order chi connectivity index (χ1) is 18.3. The van der Waals surface area contributed by atoms with Crippen molar-refractivity contribution >= 4 is 38.9 Å². The number of nitrogens with zero attached hydrogens (tertiary/aromatic N) is 2. The molecule has 39 heavy (non-hydrogen) atoms. The molecule has 10 nitrogen and oxygen atoms in total. The van der Waals surface area contributed by atoms with Gasteiger partial charge in [0.1, 0.15) is 11.8 Å². The van der Waals surface area contributed by atoms with Crippen LogP contribution in [-0.4, -0.2) is 62.4 Å². The smallest absolute Gasteiger partial charge is 0.490 e. The van der Waals surface area contributed by atoms with Gasteiger partial charge in [0.05, 0.1) is 18.2 Å². The summed E-state index contributed by atoms with van der Waals surface area (Å²) in [5.74, 6) is 2.81. The molecular formula is C25H25F3N4O6S. The number of likely N-dealkylation sites (tertiary alicyclic amines) is 1. The lowest BCUT2D eigenvalue weighted by molar-refractivity contribution is -0.192. The summed E-state index contributed by atoms with van der Waals surface area (Å²) in [7, 11) is -2.30. The number of nitrogens with two attached hydrogens (primary N) is 1. The summed E-state index contributed by atoms with van der Waals surface area (Å²) >= 11 is 0. The largest absolute Gasteiger partial charge is 0.497 e. The Bertz CT molecular complexity index is 1480. The number of benzene rings is 3. The molecule has 1 atom stereocenters. The molecule has 0 aliphatic carbocycles. The van der Waals surface area contributed by atoms with Crippen LogP contribution in [0.4, 0.5) is 13.2 Å². The SMILES string of the molecule is COc1ccc2ccc(S(=O)(=O)N[C@H]3CCN(Cc4ccc(C=NN)cc4)C3=O)cc2c1.O=C(O)C(F)(F)F. The molecule has 1 fully saturated rings. The van der Waals surface area contributed by atoms with Crippen LogP contribution in [0.2, 0.25) is 0 Å². The van der Waals surface area contributed by atoms with Gasteiger partial charge in [-0.15, -0.1) is 0 Å². The molecule has 0 radical (unpaired) electrons. The molecule has 14 heteroatoms. The lowest BCUT2D eigenvalue weighted by Crippen LogP contribution is -2.41. The van der Waals surface area contributed by atoms with E-state index in [1.54, 1.807) is 42.5 Å². The topological polar surface area (TPSA) is 151 Å². The van der Waals surface area contributed by atoms with E-state index in [4.69, 9.17) is 20.5 Å². The predicted molar refractivity (Wildman–Crippen MR) is 137 cm³/mol. The van der Waals surface area contributed by atoms with E-state index < -0.39 is 28.2 Å². The summed E-state index contributed by atoms with van der Waals surface area (Å²) in [5.41, 5.74) is 1.81. The van der Waals surface area contributed by atoms with Crippen LogP contribution in [0.3, 0.4) is 0 Å². The van der Waals surface area contributed by atoms with Crippen molar-refractivity contribution in [2.24, 2.45) is 10.9 Å². The van der Waals surface area contributed by atoms with Gasteiger partial charge in [-0.3, -0.25) is 4.79 Å². The summed E-state index contributed by atoms with van der Waals surface area (Å²) in [6, 6.07) is 17.1. The molecule has 1 heterocycles. The van der Waals surface area contributed by atoms with Crippen molar-refractivity contribution in [1.29, 1.82) is 0 Å². The van der Waals surface area contributed by atoms with E-state index >= 15 is 0 Å². The normalized spacial score (nSPS) is 15.8. The first kappa shape index (κ1) is 29.4. The van der Waals surface area contributed by atoms with Crippen LogP contribution in [-0.2, 0) is 26.2 Å². The zero-order valence-electron chi connectivity index (χ0n) is 20.6. The number of carbonyl (C=O) groups is 2. The van der Waals surface area contributed by atoms with Crippen LogP contribution >= 0.6 is 0 Å². The van der Waals surface area contributed by atoms with E-state index in [9.17, 15) is 26.4 Å². The van der Waals surface area contributed by atoms with Crippen molar-refractivity contribution in [3.05, 3.63) is 71.8 Å². The number of alkyl halides is 3. The van der Waals surface area contributed by atoms with Crippen molar-refractivity contribution < 1.29 is 41.0 Å². The summed E-state index contributed by atoms with van der Waals surface area (Å²) < 4.78 is 65.5. The van der Waals surface area contributed by atoms with Crippen molar-refractivity contribution in [1.82, 2.24) is 9.62 Å². The standard InChI is InChI=1S/C23H24N4O4S.C2HF3O2/c1-31-20-8-6-18-7-9-21(13-19(18)12-20)32(29,30)26-22-10-11-27(23(22)28)15-17-4-2-16(3-5-17)14-25-24;3-2(4,5)1(6)7/h2-9,12-14,22,26H,10-11,15,24H2,1H3;(H,6,7)/t22-;/m0./s1. The van der Waals surface area contributed by atoms with Gasteiger partial charge >= 0.3 is 12.1 Å². The molecule has 1 amide bonds. The van der Waals surface area contributed by atoms with E-state index in [0.717, 1.165) is 21.9 Å². The van der Waals surface area contributed by atoms with Crippen LogP contribution in [0.15, 0.2) is 70.7 Å². The lowest BCUT2D eigenvalue weighted by Gasteiger charge is -2.17. The number of amides is 1. The van der Waals surface area contributed by atoms with Crippen molar-refractivity contribution in [2.45, 2.75) is 30.1 Å². The Kier molecular flexibility index (Phi) is 9.14. The van der Waals surface area contributed by atoms with Gasteiger partial charge in [-0.05, 0) is 52.6 Å². The summed E-state index contributed by atoms with van der Waals surface area (Å²) in [4.78, 5) is 23.5. The number of carboxylic acids is 1. The molecule has 1 saturated heterocycles. The fraction of sp³-hybridized carbons (Fsp3) is 0.240. The Balaban J connectivity index is 0.000000532. The highest BCUT2D eigenvalue weighted by Crippen LogP contribution is 2.25. The average Bonchev–Trinajstić information content (AvgIpc) is 3.22. The number of ether oxygens (including phenoxy) is 1. The number of fused-ring (bicyclic) bond motifs is 1. The van der Waals surface area contributed by atoms with Crippen LogP contribution in [0.5, 0.6) is 5.75 Å². The van der Waals surface area contributed by atoms with E-state index in [1.165, 1.54) is 0 Å². The first-order valence-electron chi connectivity index (χ1n) is 11.4. The Morgan fingerprint density at radius 3 is 2.38 bits per heavy atom. The highest BCUT2D eigenvalue weighted by molar-refractivity contribution is 7.89. The Hall–Kier alpha value is -4.17. The van der Waals surface area contributed by atoms with Crippen molar-refractivity contribution in [3.8, 4) is 5.75 Å². The van der Waals surface area contributed by atoms with E-state index in [-0.39, 0.29) is 10.8 Å². The molecular weight excluding hydrogens is 541 g/mol. The zero-order chi connectivity index (χ0) is 28.8. The molecule has 0 spiro atoms.